The van der Waals surface area contributed by atoms with Gasteiger partial charge in [0.1, 0.15) is 10.4 Å². The number of thiazole rings is 1. The molecule has 0 saturated carbocycles. The molecule has 0 bridgehead atoms. The predicted octanol–water partition coefficient (Wildman–Crippen LogP) is 4.62. The fraction of sp³-hybridized carbons (Fsp3) is 0.550. The normalized spacial score (nSPS) is 14.7. The number of anilines is 1. The summed E-state index contributed by atoms with van der Waals surface area (Å²) < 4.78 is 3.41. The van der Waals surface area contributed by atoms with Crippen LogP contribution in [0.1, 0.15) is 56.7 Å². The predicted molar refractivity (Wildman–Crippen MR) is 116 cm³/mol. The van der Waals surface area contributed by atoms with Crippen LogP contribution in [-0.4, -0.2) is 32.3 Å². The second-order valence-corrected chi connectivity index (χ2v) is 8.85. The summed E-state index contributed by atoms with van der Waals surface area (Å²) in [6, 6.07) is 2.11. The van der Waals surface area contributed by atoms with Crippen LogP contribution in [0.2, 0.25) is 5.15 Å². The van der Waals surface area contributed by atoms with E-state index in [1.165, 1.54) is 24.2 Å². The van der Waals surface area contributed by atoms with Crippen molar-refractivity contribution in [3.63, 3.8) is 0 Å². The zero-order valence-corrected chi connectivity index (χ0v) is 18.4. The molecule has 0 radical (unpaired) electrons. The Labute approximate surface area is 173 Å². The largest absolute Gasteiger partial charge is 0.348 e. The molecule has 28 heavy (non-hydrogen) atoms. The van der Waals surface area contributed by atoms with Gasteiger partial charge in [-0.25, -0.2) is 9.50 Å². The average Bonchev–Trinajstić information content (AvgIpc) is 3.39. The number of aryl methyl sites for hydroxylation is 1. The van der Waals surface area contributed by atoms with E-state index in [0.717, 1.165) is 47.2 Å². The van der Waals surface area contributed by atoms with Crippen LogP contribution in [0.25, 0.3) is 16.2 Å². The van der Waals surface area contributed by atoms with Crippen LogP contribution in [0.4, 0.5) is 5.13 Å². The molecule has 0 aliphatic carbocycles. The summed E-state index contributed by atoms with van der Waals surface area (Å²) in [4.78, 5) is 20.9. The standard InChI is InChI=1S/C20H26ClN5OS/c1-5-13(6-2)14-11-12(3)26-15(14)19(27)24(4)18(23-26)16-17(21)22-20(28-16)25-9-7-8-10-25/h11,13H,5-10H2,1-4H3. The van der Waals surface area contributed by atoms with Crippen molar-refractivity contribution in [2.45, 2.75) is 52.4 Å². The highest BCUT2D eigenvalue weighted by molar-refractivity contribution is 7.19. The topological polar surface area (TPSA) is 55.4 Å². The van der Waals surface area contributed by atoms with Gasteiger partial charge in [0.15, 0.2) is 16.1 Å². The van der Waals surface area contributed by atoms with Gasteiger partial charge in [0.2, 0.25) is 0 Å². The first-order valence-corrected chi connectivity index (χ1v) is 11.2. The lowest BCUT2D eigenvalue weighted by molar-refractivity contribution is 0.644. The number of aromatic nitrogens is 4. The van der Waals surface area contributed by atoms with E-state index < -0.39 is 0 Å². The molecule has 4 rings (SSSR count). The van der Waals surface area contributed by atoms with Crippen LogP contribution >= 0.6 is 22.9 Å². The van der Waals surface area contributed by atoms with Crippen molar-refractivity contribution < 1.29 is 0 Å². The Kier molecular flexibility index (Phi) is 5.22. The molecule has 0 unspecified atom stereocenters. The maximum absolute atomic E-state index is 13.3. The minimum atomic E-state index is -0.0350. The Bertz CT molecular complexity index is 1070. The Balaban J connectivity index is 1.89. The molecule has 1 saturated heterocycles. The van der Waals surface area contributed by atoms with E-state index in [9.17, 15) is 4.79 Å². The van der Waals surface area contributed by atoms with Gasteiger partial charge >= 0.3 is 0 Å². The maximum atomic E-state index is 13.3. The Morgan fingerprint density at radius 1 is 1.25 bits per heavy atom. The van der Waals surface area contributed by atoms with Crippen molar-refractivity contribution in [1.82, 2.24) is 19.2 Å². The van der Waals surface area contributed by atoms with Gasteiger partial charge in [-0.1, -0.05) is 36.8 Å². The molecule has 150 valence electrons. The van der Waals surface area contributed by atoms with E-state index in [0.29, 0.717) is 22.4 Å². The molecule has 0 amide bonds. The lowest BCUT2D eigenvalue weighted by Crippen LogP contribution is -2.24. The third kappa shape index (κ3) is 3.05. The maximum Gasteiger partial charge on any atom is 0.278 e. The summed E-state index contributed by atoms with van der Waals surface area (Å²) in [7, 11) is 1.77. The van der Waals surface area contributed by atoms with Gasteiger partial charge in [0.25, 0.3) is 5.56 Å². The van der Waals surface area contributed by atoms with E-state index in [2.05, 4.69) is 29.8 Å². The minimum absolute atomic E-state index is 0.0350. The van der Waals surface area contributed by atoms with Crippen molar-refractivity contribution in [2.24, 2.45) is 7.05 Å². The van der Waals surface area contributed by atoms with Gasteiger partial charge in [0.05, 0.1) is 0 Å². The van der Waals surface area contributed by atoms with Crippen LogP contribution in [-0.2, 0) is 7.05 Å². The Hall–Kier alpha value is -1.86. The molecule has 0 N–H and O–H groups in total. The molecule has 3 aromatic heterocycles. The van der Waals surface area contributed by atoms with Crippen molar-refractivity contribution >= 4 is 33.6 Å². The molecule has 4 heterocycles. The van der Waals surface area contributed by atoms with Gasteiger partial charge in [0, 0.05) is 25.8 Å². The van der Waals surface area contributed by atoms with Gasteiger partial charge in [-0.3, -0.25) is 9.36 Å². The van der Waals surface area contributed by atoms with E-state index >= 15 is 0 Å². The first-order chi connectivity index (χ1) is 13.5. The molecule has 6 nitrogen and oxygen atoms in total. The minimum Gasteiger partial charge on any atom is -0.348 e. The smallest absolute Gasteiger partial charge is 0.278 e. The van der Waals surface area contributed by atoms with E-state index in [4.69, 9.17) is 16.7 Å². The monoisotopic (exact) mass is 419 g/mol. The van der Waals surface area contributed by atoms with E-state index in [1.807, 2.05) is 6.92 Å². The van der Waals surface area contributed by atoms with Gasteiger partial charge in [-0.15, -0.1) is 5.10 Å². The average molecular weight is 420 g/mol. The second-order valence-electron chi connectivity index (χ2n) is 7.51. The quantitative estimate of drug-likeness (QED) is 0.605. The summed E-state index contributed by atoms with van der Waals surface area (Å²) in [5.74, 6) is 0.929. The van der Waals surface area contributed by atoms with E-state index in [-0.39, 0.29) is 5.56 Å². The molecule has 1 aliphatic heterocycles. The molecular weight excluding hydrogens is 394 g/mol. The number of halogens is 1. The third-order valence-electron chi connectivity index (χ3n) is 5.78. The molecule has 8 heteroatoms. The van der Waals surface area contributed by atoms with Gasteiger partial charge < -0.3 is 4.90 Å². The van der Waals surface area contributed by atoms with Crippen molar-refractivity contribution in [3.05, 3.63) is 32.8 Å². The van der Waals surface area contributed by atoms with Gasteiger partial charge in [-0.05, 0) is 50.2 Å². The van der Waals surface area contributed by atoms with Gasteiger partial charge in [-0.2, -0.15) is 0 Å². The summed E-state index contributed by atoms with van der Waals surface area (Å²) in [6.45, 7) is 8.33. The van der Waals surface area contributed by atoms with Crippen molar-refractivity contribution in [2.75, 3.05) is 18.0 Å². The van der Waals surface area contributed by atoms with Crippen LogP contribution < -0.4 is 10.5 Å². The Morgan fingerprint density at radius 3 is 2.57 bits per heavy atom. The fourth-order valence-electron chi connectivity index (χ4n) is 4.12. The highest BCUT2D eigenvalue weighted by Crippen LogP contribution is 2.38. The number of hydrogen-bond donors (Lipinski definition) is 0. The summed E-state index contributed by atoms with van der Waals surface area (Å²) in [5, 5.41) is 6.15. The SMILES string of the molecule is CCC(CC)c1cc(C)n2nc(-c3sc(N4CCCC4)nc3Cl)n(C)c(=O)c12. The lowest BCUT2D eigenvalue weighted by Gasteiger charge is -2.13. The second kappa shape index (κ2) is 7.52. The van der Waals surface area contributed by atoms with E-state index in [1.54, 1.807) is 16.1 Å². The summed E-state index contributed by atoms with van der Waals surface area (Å²) >= 11 is 8.00. The number of hydrogen-bond acceptors (Lipinski definition) is 5. The summed E-state index contributed by atoms with van der Waals surface area (Å²) in [6.07, 6.45) is 4.36. The first-order valence-electron chi connectivity index (χ1n) is 9.97. The number of fused-ring (bicyclic) bond motifs is 1. The molecule has 1 aliphatic rings. The number of nitrogens with zero attached hydrogens (tertiary/aromatic N) is 5. The molecule has 0 aromatic carbocycles. The number of rotatable bonds is 5. The van der Waals surface area contributed by atoms with Crippen LogP contribution in [0.3, 0.4) is 0 Å². The summed E-state index contributed by atoms with van der Waals surface area (Å²) in [5.41, 5.74) is 2.71. The lowest BCUT2D eigenvalue weighted by atomic mass is 9.95. The van der Waals surface area contributed by atoms with Crippen LogP contribution in [0.15, 0.2) is 10.9 Å². The first kappa shape index (κ1) is 19.5. The Morgan fingerprint density at radius 2 is 1.93 bits per heavy atom. The zero-order chi connectivity index (χ0) is 20.0. The van der Waals surface area contributed by atoms with Crippen molar-refractivity contribution in [3.8, 4) is 10.7 Å². The third-order valence-corrected chi connectivity index (χ3v) is 7.28. The molecule has 0 atom stereocenters. The molecular formula is C20H26ClN5OS. The highest BCUT2D eigenvalue weighted by Gasteiger charge is 2.24. The van der Waals surface area contributed by atoms with Crippen molar-refractivity contribution in [1.29, 1.82) is 0 Å². The fourth-order valence-corrected chi connectivity index (χ4v) is 5.48. The highest BCUT2D eigenvalue weighted by atomic mass is 35.5. The zero-order valence-electron chi connectivity index (χ0n) is 16.8. The van der Waals surface area contributed by atoms with Crippen LogP contribution in [0.5, 0.6) is 0 Å². The molecule has 1 fully saturated rings. The molecule has 3 aromatic rings. The van der Waals surface area contributed by atoms with Crippen LogP contribution in [0, 0.1) is 6.92 Å². The molecule has 0 spiro atoms.